The summed E-state index contributed by atoms with van der Waals surface area (Å²) in [5, 5.41) is 0. The summed E-state index contributed by atoms with van der Waals surface area (Å²) in [4.78, 5) is 0. The van der Waals surface area contributed by atoms with E-state index < -0.39 is 0 Å². The van der Waals surface area contributed by atoms with Gasteiger partial charge in [-0.1, -0.05) is 45.4 Å². The molecule has 0 aromatic carbocycles. The second kappa shape index (κ2) is 4.74. The summed E-state index contributed by atoms with van der Waals surface area (Å²) >= 11 is 0. The van der Waals surface area contributed by atoms with E-state index in [1.165, 1.54) is 51.4 Å². The van der Waals surface area contributed by atoms with Gasteiger partial charge >= 0.3 is 0 Å². The van der Waals surface area contributed by atoms with Crippen LogP contribution >= 0.6 is 0 Å². The van der Waals surface area contributed by atoms with E-state index in [4.69, 9.17) is 0 Å². The van der Waals surface area contributed by atoms with E-state index in [-0.39, 0.29) is 0 Å². The van der Waals surface area contributed by atoms with Gasteiger partial charge < -0.3 is 0 Å². The fourth-order valence-electron chi connectivity index (χ4n) is 6.96. The summed E-state index contributed by atoms with van der Waals surface area (Å²) in [5.41, 5.74) is 2.83. The fourth-order valence-corrected chi connectivity index (χ4v) is 6.96. The third-order valence-electron chi connectivity index (χ3n) is 8.26. The van der Waals surface area contributed by atoms with Crippen LogP contribution in [0.1, 0.15) is 72.1 Å². The average molecular weight is 284 g/mol. The van der Waals surface area contributed by atoms with Crippen molar-refractivity contribution in [1.82, 2.24) is 0 Å². The first-order valence-corrected chi connectivity index (χ1v) is 9.48. The lowest BCUT2D eigenvalue weighted by Gasteiger charge is -2.56. The SMILES string of the molecule is CC[C@H]1CC[C@H]2[C@@H]3C=CC4=CCCC[C@@]4(C)[C@H]3CC[C@]12C. The zero-order valence-electron chi connectivity index (χ0n) is 14.2. The maximum atomic E-state index is 2.64. The molecule has 2 saturated carbocycles. The van der Waals surface area contributed by atoms with Crippen molar-refractivity contribution < 1.29 is 0 Å². The Morgan fingerprint density at radius 2 is 1.95 bits per heavy atom. The summed E-state index contributed by atoms with van der Waals surface area (Å²) in [5.74, 6) is 3.77. The van der Waals surface area contributed by atoms with Crippen LogP contribution in [-0.4, -0.2) is 0 Å². The van der Waals surface area contributed by atoms with Crippen molar-refractivity contribution in [2.45, 2.75) is 72.1 Å². The van der Waals surface area contributed by atoms with Gasteiger partial charge in [0, 0.05) is 0 Å². The summed E-state index contributed by atoms with van der Waals surface area (Å²) in [6.45, 7) is 7.65. The van der Waals surface area contributed by atoms with Crippen molar-refractivity contribution in [3.63, 3.8) is 0 Å². The Kier molecular flexibility index (Phi) is 3.18. The molecule has 6 atom stereocenters. The third-order valence-corrected chi connectivity index (χ3v) is 8.26. The Labute approximate surface area is 131 Å². The largest absolute Gasteiger partial charge is 0.0808 e. The molecule has 0 unspecified atom stereocenters. The molecule has 4 rings (SSSR count). The van der Waals surface area contributed by atoms with E-state index in [1.54, 1.807) is 5.57 Å². The van der Waals surface area contributed by atoms with Crippen LogP contribution in [0.3, 0.4) is 0 Å². The zero-order chi connectivity index (χ0) is 14.7. The molecule has 0 spiro atoms. The van der Waals surface area contributed by atoms with Gasteiger partial charge in [-0.3, -0.25) is 0 Å². The standard InChI is InChI=1S/C21H32/c1-4-15-9-11-18-17-10-8-16-7-5-6-13-20(16,2)19(17)12-14-21(15,18)3/h7-8,10,15,17-19H,4-6,9,11-14H2,1-3H3/t15-,17-,18-,19-,20+,21+/m0/s1. The van der Waals surface area contributed by atoms with Gasteiger partial charge in [0.2, 0.25) is 0 Å². The van der Waals surface area contributed by atoms with Crippen molar-refractivity contribution in [2.24, 2.45) is 34.5 Å². The van der Waals surface area contributed by atoms with Gasteiger partial charge in [-0.15, -0.1) is 0 Å². The van der Waals surface area contributed by atoms with Crippen LogP contribution < -0.4 is 0 Å². The van der Waals surface area contributed by atoms with Gasteiger partial charge in [-0.25, -0.2) is 0 Å². The lowest BCUT2D eigenvalue weighted by Crippen LogP contribution is -2.48. The molecule has 0 radical (unpaired) electrons. The highest BCUT2D eigenvalue weighted by Gasteiger charge is 2.56. The highest BCUT2D eigenvalue weighted by molar-refractivity contribution is 5.35. The highest BCUT2D eigenvalue weighted by atomic mass is 14.6. The molecule has 4 aliphatic rings. The van der Waals surface area contributed by atoms with Crippen LogP contribution in [0, 0.1) is 34.5 Å². The first-order chi connectivity index (χ1) is 10.1. The molecule has 2 fully saturated rings. The van der Waals surface area contributed by atoms with E-state index in [0.717, 1.165) is 23.7 Å². The normalized spacial score (nSPS) is 51.9. The Balaban J connectivity index is 1.71. The van der Waals surface area contributed by atoms with E-state index >= 15 is 0 Å². The Hall–Kier alpha value is -0.520. The summed E-state index contributed by atoms with van der Waals surface area (Å²) in [7, 11) is 0. The quantitative estimate of drug-likeness (QED) is 0.542. The molecular formula is C21H32. The average Bonchev–Trinajstić information content (AvgIpc) is 2.83. The number of hydrogen-bond acceptors (Lipinski definition) is 0. The second-order valence-electron chi connectivity index (χ2n) is 8.85. The van der Waals surface area contributed by atoms with Gasteiger partial charge in [-0.2, -0.15) is 0 Å². The predicted octanol–water partition coefficient (Wildman–Crippen LogP) is 6.14. The van der Waals surface area contributed by atoms with E-state index in [1.807, 2.05) is 0 Å². The van der Waals surface area contributed by atoms with Gasteiger partial charge in [-0.05, 0) is 85.0 Å². The molecule has 0 heterocycles. The number of hydrogen-bond donors (Lipinski definition) is 0. The van der Waals surface area contributed by atoms with Crippen molar-refractivity contribution >= 4 is 0 Å². The van der Waals surface area contributed by atoms with Crippen molar-refractivity contribution in [3.8, 4) is 0 Å². The molecule has 0 nitrogen and oxygen atoms in total. The molecule has 0 aromatic heterocycles. The van der Waals surface area contributed by atoms with Crippen LogP contribution in [0.2, 0.25) is 0 Å². The van der Waals surface area contributed by atoms with E-state index in [0.29, 0.717) is 10.8 Å². The molecule has 0 bridgehead atoms. The van der Waals surface area contributed by atoms with Gasteiger partial charge in [0.25, 0.3) is 0 Å². The first kappa shape index (κ1) is 14.1. The van der Waals surface area contributed by atoms with Crippen LogP contribution in [0.25, 0.3) is 0 Å². The van der Waals surface area contributed by atoms with Crippen LogP contribution in [0.5, 0.6) is 0 Å². The van der Waals surface area contributed by atoms with Gasteiger partial charge in [0.1, 0.15) is 0 Å². The lowest BCUT2D eigenvalue weighted by atomic mass is 9.48. The maximum absolute atomic E-state index is 2.64. The molecule has 0 N–H and O–H groups in total. The third kappa shape index (κ3) is 1.80. The predicted molar refractivity (Wildman–Crippen MR) is 90.0 cm³/mol. The van der Waals surface area contributed by atoms with Crippen LogP contribution in [0.15, 0.2) is 23.8 Å². The first-order valence-electron chi connectivity index (χ1n) is 9.48. The lowest BCUT2D eigenvalue weighted by molar-refractivity contribution is -0.0154. The highest BCUT2D eigenvalue weighted by Crippen LogP contribution is 2.65. The molecule has 0 amide bonds. The molecule has 0 heteroatoms. The van der Waals surface area contributed by atoms with E-state index in [2.05, 4.69) is 39.0 Å². The monoisotopic (exact) mass is 284 g/mol. The minimum absolute atomic E-state index is 0.503. The van der Waals surface area contributed by atoms with Gasteiger partial charge in [0.15, 0.2) is 0 Å². The molecule has 0 aliphatic heterocycles. The minimum atomic E-state index is 0.503. The summed E-state index contributed by atoms with van der Waals surface area (Å²) in [6, 6.07) is 0. The Morgan fingerprint density at radius 1 is 1.10 bits per heavy atom. The molecule has 4 aliphatic carbocycles. The Bertz CT molecular complexity index is 484. The number of rotatable bonds is 1. The van der Waals surface area contributed by atoms with Gasteiger partial charge in [0.05, 0.1) is 0 Å². The minimum Gasteiger partial charge on any atom is -0.0808 e. The Morgan fingerprint density at radius 3 is 2.76 bits per heavy atom. The molecule has 116 valence electrons. The second-order valence-corrected chi connectivity index (χ2v) is 8.85. The maximum Gasteiger partial charge on any atom is -0.00445 e. The van der Waals surface area contributed by atoms with Crippen molar-refractivity contribution in [3.05, 3.63) is 23.8 Å². The van der Waals surface area contributed by atoms with Crippen molar-refractivity contribution in [2.75, 3.05) is 0 Å². The van der Waals surface area contributed by atoms with E-state index in [9.17, 15) is 0 Å². The fraction of sp³-hybridized carbons (Fsp3) is 0.810. The molecular weight excluding hydrogens is 252 g/mol. The molecule has 0 aromatic rings. The topological polar surface area (TPSA) is 0 Å². The molecule has 0 saturated heterocycles. The summed E-state index contributed by atoms with van der Waals surface area (Å²) < 4.78 is 0. The zero-order valence-corrected chi connectivity index (χ0v) is 14.2. The molecule has 21 heavy (non-hydrogen) atoms. The smallest absolute Gasteiger partial charge is 0.00445 e. The summed E-state index contributed by atoms with van der Waals surface area (Å²) in [6.07, 6.45) is 19.2. The number of fused-ring (bicyclic) bond motifs is 5. The van der Waals surface area contributed by atoms with Crippen molar-refractivity contribution in [1.29, 1.82) is 0 Å². The number of allylic oxidation sites excluding steroid dienone is 4. The van der Waals surface area contributed by atoms with Crippen LogP contribution in [0.4, 0.5) is 0 Å². The van der Waals surface area contributed by atoms with Crippen LogP contribution in [-0.2, 0) is 0 Å².